The SMILES string of the molecule is Clc1ccc(-c2cccc3c2[C@@H]2CCNCC[C@@H]2N3CCOc2ccccc2)c(Cl)c1. The van der Waals surface area contributed by atoms with Gasteiger partial charge >= 0.3 is 0 Å². The van der Waals surface area contributed by atoms with E-state index in [0.29, 0.717) is 28.6 Å². The van der Waals surface area contributed by atoms with E-state index in [-0.39, 0.29) is 0 Å². The number of para-hydroxylation sites is 1. The van der Waals surface area contributed by atoms with Gasteiger partial charge in [-0.2, -0.15) is 0 Å². The standard InChI is InChI=1S/C26H26Cl2N2O/c27-18-9-10-20(23(28)17-18)21-7-4-8-25-26(21)22-11-13-29-14-12-24(22)30(25)15-16-31-19-5-2-1-3-6-19/h1-10,17,22,24,29H,11-16H2/t22-,24+/m1/s1. The van der Waals surface area contributed by atoms with E-state index in [0.717, 1.165) is 43.8 Å². The fourth-order valence-corrected chi connectivity index (χ4v) is 5.63. The second-order valence-corrected chi connectivity index (χ2v) is 9.06. The summed E-state index contributed by atoms with van der Waals surface area (Å²) in [6.07, 6.45) is 2.24. The maximum Gasteiger partial charge on any atom is 0.119 e. The lowest BCUT2D eigenvalue weighted by Crippen LogP contribution is -2.37. The quantitative estimate of drug-likeness (QED) is 0.484. The van der Waals surface area contributed by atoms with Gasteiger partial charge in [0.1, 0.15) is 12.4 Å². The van der Waals surface area contributed by atoms with Crippen molar-refractivity contribution in [2.45, 2.75) is 24.8 Å². The smallest absolute Gasteiger partial charge is 0.119 e. The number of halogens is 2. The van der Waals surface area contributed by atoms with Gasteiger partial charge in [0, 0.05) is 33.3 Å². The van der Waals surface area contributed by atoms with E-state index in [4.69, 9.17) is 27.9 Å². The maximum atomic E-state index is 6.63. The Hall–Kier alpha value is -2.20. The Morgan fingerprint density at radius 2 is 1.74 bits per heavy atom. The minimum atomic E-state index is 0.469. The monoisotopic (exact) mass is 452 g/mol. The zero-order valence-electron chi connectivity index (χ0n) is 17.4. The Balaban J connectivity index is 1.49. The topological polar surface area (TPSA) is 24.5 Å². The summed E-state index contributed by atoms with van der Waals surface area (Å²) in [5, 5.41) is 4.95. The van der Waals surface area contributed by atoms with Crippen LogP contribution in [-0.2, 0) is 0 Å². The fourth-order valence-electron chi connectivity index (χ4n) is 5.12. The molecule has 1 N–H and O–H groups in total. The fraction of sp³-hybridized carbons (Fsp3) is 0.308. The van der Waals surface area contributed by atoms with Crippen molar-refractivity contribution in [3.05, 3.63) is 82.3 Å². The lowest BCUT2D eigenvalue weighted by atomic mass is 9.86. The zero-order valence-corrected chi connectivity index (χ0v) is 18.9. The van der Waals surface area contributed by atoms with Gasteiger partial charge in [0.15, 0.2) is 0 Å². The minimum Gasteiger partial charge on any atom is -0.492 e. The zero-order chi connectivity index (χ0) is 21.2. The molecular weight excluding hydrogens is 427 g/mol. The number of ether oxygens (including phenoxy) is 1. The molecule has 160 valence electrons. The first-order valence-electron chi connectivity index (χ1n) is 11.0. The third-order valence-corrected chi connectivity index (χ3v) is 6.99. The highest BCUT2D eigenvalue weighted by Crippen LogP contribution is 2.49. The first-order chi connectivity index (χ1) is 15.2. The van der Waals surface area contributed by atoms with Gasteiger partial charge in [-0.1, -0.05) is 59.6 Å². The Kier molecular flexibility index (Phi) is 6.08. The first kappa shape index (κ1) is 20.7. The largest absolute Gasteiger partial charge is 0.492 e. The molecular formula is C26H26Cl2N2O. The Labute approximate surface area is 193 Å². The molecule has 0 radical (unpaired) electrons. The van der Waals surface area contributed by atoms with Gasteiger partial charge in [0.05, 0.1) is 6.54 Å². The minimum absolute atomic E-state index is 0.469. The number of benzene rings is 3. The van der Waals surface area contributed by atoms with Gasteiger partial charge < -0.3 is 15.0 Å². The summed E-state index contributed by atoms with van der Waals surface area (Å²) < 4.78 is 6.05. The molecule has 0 amide bonds. The average Bonchev–Trinajstić information content (AvgIpc) is 2.91. The highest BCUT2D eigenvalue weighted by molar-refractivity contribution is 6.36. The summed E-state index contributed by atoms with van der Waals surface area (Å²) in [6.45, 7) is 3.60. The van der Waals surface area contributed by atoms with E-state index in [1.54, 1.807) is 0 Å². The molecule has 3 nitrogen and oxygen atoms in total. The van der Waals surface area contributed by atoms with E-state index in [1.165, 1.54) is 16.8 Å². The third kappa shape index (κ3) is 4.15. The van der Waals surface area contributed by atoms with E-state index in [2.05, 4.69) is 28.4 Å². The van der Waals surface area contributed by atoms with Crippen molar-refractivity contribution in [2.75, 3.05) is 31.1 Å². The molecule has 31 heavy (non-hydrogen) atoms. The Bertz CT molecular complexity index is 1060. The predicted molar refractivity (Wildman–Crippen MR) is 130 cm³/mol. The molecule has 2 heterocycles. The molecule has 1 saturated heterocycles. The van der Waals surface area contributed by atoms with Gasteiger partial charge in [0.25, 0.3) is 0 Å². The molecule has 2 aliphatic heterocycles. The number of rotatable bonds is 5. The summed E-state index contributed by atoms with van der Waals surface area (Å²) in [5.74, 6) is 1.40. The van der Waals surface area contributed by atoms with Crippen LogP contribution < -0.4 is 15.0 Å². The van der Waals surface area contributed by atoms with Crippen LogP contribution >= 0.6 is 23.2 Å². The number of nitrogens with zero attached hydrogens (tertiary/aromatic N) is 1. The van der Waals surface area contributed by atoms with Gasteiger partial charge in [-0.25, -0.2) is 0 Å². The van der Waals surface area contributed by atoms with Gasteiger partial charge in [0.2, 0.25) is 0 Å². The number of nitrogens with one attached hydrogen (secondary N) is 1. The number of hydrogen-bond acceptors (Lipinski definition) is 3. The van der Waals surface area contributed by atoms with E-state index in [9.17, 15) is 0 Å². The van der Waals surface area contributed by atoms with Crippen molar-refractivity contribution in [1.29, 1.82) is 0 Å². The lowest BCUT2D eigenvalue weighted by molar-refractivity contribution is 0.317. The second-order valence-electron chi connectivity index (χ2n) is 8.22. The van der Waals surface area contributed by atoms with Crippen LogP contribution in [0, 0.1) is 0 Å². The highest BCUT2D eigenvalue weighted by atomic mass is 35.5. The highest BCUT2D eigenvalue weighted by Gasteiger charge is 2.40. The Morgan fingerprint density at radius 1 is 0.903 bits per heavy atom. The summed E-state index contributed by atoms with van der Waals surface area (Å²) in [6, 6.07) is 22.9. The van der Waals surface area contributed by atoms with Gasteiger partial charge in [-0.15, -0.1) is 0 Å². The third-order valence-electron chi connectivity index (χ3n) is 6.44. The molecule has 1 fully saturated rings. The molecule has 0 spiro atoms. The average molecular weight is 453 g/mol. The summed E-state index contributed by atoms with van der Waals surface area (Å²) in [7, 11) is 0. The summed E-state index contributed by atoms with van der Waals surface area (Å²) in [4.78, 5) is 2.56. The maximum absolute atomic E-state index is 6.63. The normalized spacial score (nSPS) is 20.1. The van der Waals surface area contributed by atoms with Crippen LogP contribution in [0.3, 0.4) is 0 Å². The molecule has 5 rings (SSSR count). The summed E-state index contributed by atoms with van der Waals surface area (Å²) >= 11 is 12.8. The number of fused-ring (bicyclic) bond motifs is 3. The first-order valence-corrected chi connectivity index (χ1v) is 11.7. The van der Waals surface area contributed by atoms with Crippen molar-refractivity contribution in [3.63, 3.8) is 0 Å². The molecule has 3 aromatic carbocycles. The van der Waals surface area contributed by atoms with Gasteiger partial charge in [-0.3, -0.25) is 0 Å². The number of hydrogen-bond donors (Lipinski definition) is 1. The van der Waals surface area contributed by atoms with Crippen LogP contribution in [0.25, 0.3) is 11.1 Å². The second kappa shape index (κ2) is 9.12. The molecule has 5 heteroatoms. The van der Waals surface area contributed by atoms with Crippen molar-refractivity contribution < 1.29 is 4.74 Å². The molecule has 0 aromatic heterocycles. The van der Waals surface area contributed by atoms with E-state index < -0.39 is 0 Å². The van der Waals surface area contributed by atoms with Crippen molar-refractivity contribution in [2.24, 2.45) is 0 Å². The van der Waals surface area contributed by atoms with Crippen molar-refractivity contribution in [3.8, 4) is 16.9 Å². The molecule has 2 atom stereocenters. The molecule has 0 unspecified atom stereocenters. The van der Waals surface area contributed by atoms with Crippen LogP contribution in [0.15, 0.2) is 66.7 Å². The summed E-state index contributed by atoms with van der Waals surface area (Å²) in [5.41, 5.74) is 5.01. The van der Waals surface area contributed by atoms with Crippen molar-refractivity contribution >= 4 is 28.9 Å². The molecule has 3 aromatic rings. The van der Waals surface area contributed by atoms with E-state index >= 15 is 0 Å². The lowest BCUT2D eigenvalue weighted by Gasteiger charge is -2.29. The van der Waals surface area contributed by atoms with Crippen LogP contribution in [0.2, 0.25) is 10.0 Å². The molecule has 2 aliphatic rings. The molecule has 0 bridgehead atoms. The van der Waals surface area contributed by atoms with Gasteiger partial charge in [-0.05, 0) is 67.4 Å². The van der Waals surface area contributed by atoms with Crippen LogP contribution in [0.4, 0.5) is 5.69 Å². The van der Waals surface area contributed by atoms with Crippen LogP contribution in [-0.4, -0.2) is 32.3 Å². The van der Waals surface area contributed by atoms with E-state index in [1.807, 2.05) is 48.5 Å². The Morgan fingerprint density at radius 3 is 2.58 bits per heavy atom. The molecule has 0 aliphatic carbocycles. The van der Waals surface area contributed by atoms with Crippen LogP contribution in [0.5, 0.6) is 5.75 Å². The van der Waals surface area contributed by atoms with Crippen LogP contribution in [0.1, 0.15) is 24.3 Å². The molecule has 0 saturated carbocycles. The predicted octanol–water partition coefficient (Wildman–Crippen LogP) is 6.40. The van der Waals surface area contributed by atoms with Crippen molar-refractivity contribution in [1.82, 2.24) is 5.32 Å². The number of anilines is 1.